The van der Waals surface area contributed by atoms with Crippen molar-refractivity contribution in [1.82, 2.24) is 10.6 Å². The van der Waals surface area contributed by atoms with E-state index in [1.807, 2.05) is 0 Å². The molecule has 20 heavy (non-hydrogen) atoms. The lowest BCUT2D eigenvalue weighted by molar-refractivity contribution is 0.183. The van der Waals surface area contributed by atoms with Gasteiger partial charge in [0.2, 0.25) is 0 Å². The van der Waals surface area contributed by atoms with Crippen LogP contribution >= 0.6 is 0 Å². The summed E-state index contributed by atoms with van der Waals surface area (Å²) in [5, 5.41) is 14.2. The summed E-state index contributed by atoms with van der Waals surface area (Å²) in [5.41, 5.74) is 0.357. The molecule has 6 heteroatoms. The third kappa shape index (κ3) is 5.52. The SMILES string of the molecule is CC(O)CCNC(=O)NCC(C)c1ccc(F)cc1F. The highest BCUT2D eigenvalue weighted by molar-refractivity contribution is 5.73. The van der Waals surface area contributed by atoms with Crippen molar-refractivity contribution in [1.29, 1.82) is 0 Å². The number of urea groups is 1. The van der Waals surface area contributed by atoms with E-state index < -0.39 is 17.7 Å². The molecule has 4 nitrogen and oxygen atoms in total. The molecule has 0 heterocycles. The quantitative estimate of drug-likeness (QED) is 0.750. The Bertz CT molecular complexity index is 453. The normalized spacial score (nSPS) is 13.7. The number of rotatable bonds is 6. The highest BCUT2D eigenvalue weighted by atomic mass is 19.1. The van der Waals surface area contributed by atoms with Gasteiger partial charge in [-0.1, -0.05) is 13.0 Å². The average molecular weight is 286 g/mol. The van der Waals surface area contributed by atoms with Crippen LogP contribution in [0.15, 0.2) is 18.2 Å². The van der Waals surface area contributed by atoms with E-state index in [0.29, 0.717) is 18.5 Å². The van der Waals surface area contributed by atoms with Crippen LogP contribution in [0.5, 0.6) is 0 Å². The summed E-state index contributed by atoms with van der Waals surface area (Å²) < 4.78 is 26.3. The van der Waals surface area contributed by atoms with E-state index in [0.717, 1.165) is 6.07 Å². The Kier molecular flexibility index (Phi) is 6.38. The molecule has 2 amide bonds. The summed E-state index contributed by atoms with van der Waals surface area (Å²) >= 11 is 0. The molecule has 0 spiro atoms. The fraction of sp³-hybridized carbons (Fsp3) is 0.500. The Morgan fingerprint density at radius 2 is 2.00 bits per heavy atom. The molecule has 0 fully saturated rings. The van der Waals surface area contributed by atoms with Gasteiger partial charge >= 0.3 is 6.03 Å². The standard InChI is InChI=1S/C14H20F2N2O2/c1-9(12-4-3-11(15)7-13(12)16)8-18-14(20)17-6-5-10(2)19/h3-4,7,9-10,19H,5-6,8H2,1-2H3,(H2,17,18,20). The lowest BCUT2D eigenvalue weighted by atomic mass is 10.0. The largest absolute Gasteiger partial charge is 0.393 e. The van der Waals surface area contributed by atoms with Gasteiger partial charge in [-0.3, -0.25) is 0 Å². The fourth-order valence-corrected chi connectivity index (χ4v) is 1.71. The van der Waals surface area contributed by atoms with Crippen molar-refractivity contribution in [2.75, 3.05) is 13.1 Å². The molecule has 0 aromatic heterocycles. The van der Waals surface area contributed by atoms with Crippen molar-refractivity contribution < 1.29 is 18.7 Å². The van der Waals surface area contributed by atoms with Gasteiger partial charge in [-0.25, -0.2) is 13.6 Å². The molecule has 0 radical (unpaired) electrons. The van der Waals surface area contributed by atoms with Crippen LogP contribution < -0.4 is 10.6 Å². The monoisotopic (exact) mass is 286 g/mol. The van der Waals surface area contributed by atoms with Gasteiger partial charge in [0.25, 0.3) is 0 Å². The predicted molar refractivity (Wildman–Crippen MR) is 72.5 cm³/mol. The van der Waals surface area contributed by atoms with Crippen molar-refractivity contribution in [3.63, 3.8) is 0 Å². The summed E-state index contributed by atoms with van der Waals surface area (Å²) in [6.07, 6.45) is -0.00205. The van der Waals surface area contributed by atoms with Crippen molar-refractivity contribution in [3.05, 3.63) is 35.4 Å². The van der Waals surface area contributed by atoms with Crippen LogP contribution in [0.3, 0.4) is 0 Å². The van der Waals surface area contributed by atoms with Crippen molar-refractivity contribution in [2.45, 2.75) is 32.3 Å². The van der Waals surface area contributed by atoms with Crippen LogP contribution in [0, 0.1) is 11.6 Å². The van der Waals surface area contributed by atoms with E-state index in [1.54, 1.807) is 13.8 Å². The maximum atomic E-state index is 13.5. The highest BCUT2D eigenvalue weighted by Gasteiger charge is 2.12. The highest BCUT2D eigenvalue weighted by Crippen LogP contribution is 2.18. The van der Waals surface area contributed by atoms with Crippen molar-refractivity contribution >= 4 is 6.03 Å². The maximum absolute atomic E-state index is 13.5. The zero-order valence-corrected chi connectivity index (χ0v) is 11.6. The smallest absolute Gasteiger partial charge is 0.314 e. The summed E-state index contributed by atoms with van der Waals surface area (Å²) in [7, 11) is 0. The molecule has 0 aliphatic rings. The lowest BCUT2D eigenvalue weighted by Crippen LogP contribution is -2.38. The van der Waals surface area contributed by atoms with Gasteiger partial charge in [0.1, 0.15) is 11.6 Å². The van der Waals surface area contributed by atoms with E-state index in [1.165, 1.54) is 12.1 Å². The number of benzene rings is 1. The first kappa shape index (κ1) is 16.4. The van der Waals surface area contributed by atoms with Crippen LogP contribution in [0.2, 0.25) is 0 Å². The molecule has 0 saturated carbocycles. The number of carbonyl (C=O) groups is 1. The second-order valence-electron chi connectivity index (χ2n) is 4.84. The molecule has 0 aliphatic heterocycles. The molecule has 1 aromatic carbocycles. The van der Waals surface area contributed by atoms with Crippen molar-refractivity contribution in [2.24, 2.45) is 0 Å². The maximum Gasteiger partial charge on any atom is 0.314 e. The van der Waals surface area contributed by atoms with Gasteiger partial charge in [-0.2, -0.15) is 0 Å². The molecule has 0 bridgehead atoms. The summed E-state index contributed by atoms with van der Waals surface area (Å²) in [4.78, 5) is 11.4. The van der Waals surface area contributed by atoms with Crippen LogP contribution in [0.25, 0.3) is 0 Å². The van der Waals surface area contributed by atoms with Crippen molar-refractivity contribution in [3.8, 4) is 0 Å². The second-order valence-corrected chi connectivity index (χ2v) is 4.84. The van der Waals surface area contributed by atoms with Gasteiger partial charge in [-0.05, 0) is 25.0 Å². The summed E-state index contributed by atoms with van der Waals surface area (Å²) in [6.45, 7) is 3.98. The van der Waals surface area contributed by atoms with E-state index in [2.05, 4.69) is 10.6 Å². The number of hydrogen-bond donors (Lipinski definition) is 3. The number of halogens is 2. The minimum atomic E-state index is -0.623. The van der Waals surface area contributed by atoms with Crippen LogP contribution in [0.4, 0.5) is 13.6 Å². The Hall–Kier alpha value is -1.69. The molecule has 2 atom stereocenters. The number of hydrogen-bond acceptors (Lipinski definition) is 2. The zero-order chi connectivity index (χ0) is 15.1. The number of carbonyl (C=O) groups excluding carboxylic acids is 1. The molecule has 0 aliphatic carbocycles. The third-order valence-corrected chi connectivity index (χ3v) is 2.91. The first-order chi connectivity index (χ1) is 9.40. The number of amides is 2. The van der Waals surface area contributed by atoms with Gasteiger partial charge in [0.05, 0.1) is 6.10 Å². The Morgan fingerprint density at radius 1 is 1.30 bits per heavy atom. The number of aliphatic hydroxyl groups is 1. The second kappa shape index (κ2) is 7.79. The van der Waals surface area contributed by atoms with E-state index >= 15 is 0 Å². The third-order valence-electron chi connectivity index (χ3n) is 2.91. The van der Waals surface area contributed by atoms with E-state index in [4.69, 9.17) is 5.11 Å². The predicted octanol–water partition coefficient (Wildman–Crippen LogP) is 2.14. The molecule has 3 N–H and O–H groups in total. The average Bonchev–Trinajstić information content (AvgIpc) is 2.35. The first-order valence-electron chi connectivity index (χ1n) is 6.55. The van der Waals surface area contributed by atoms with E-state index in [9.17, 15) is 13.6 Å². The molecule has 112 valence electrons. The topological polar surface area (TPSA) is 61.4 Å². The fourth-order valence-electron chi connectivity index (χ4n) is 1.71. The Balaban J connectivity index is 2.39. The summed E-state index contributed by atoms with van der Waals surface area (Å²) in [6, 6.07) is 3.02. The van der Waals surface area contributed by atoms with Gasteiger partial charge in [0, 0.05) is 25.1 Å². The Labute approximate surface area is 117 Å². The minimum Gasteiger partial charge on any atom is -0.393 e. The van der Waals surface area contributed by atoms with Gasteiger partial charge in [0.15, 0.2) is 0 Å². The first-order valence-corrected chi connectivity index (χ1v) is 6.55. The summed E-state index contributed by atoms with van der Waals surface area (Å²) in [5.74, 6) is -1.51. The van der Waals surface area contributed by atoms with Gasteiger partial charge < -0.3 is 15.7 Å². The minimum absolute atomic E-state index is 0.239. The molecule has 1 aromatic rings. The number of aliphatic hydroxyl groups excluding tert-OH is 1. The Morgan fingerprint density at radius 3 is 2.60 bits per heavy atom. The molecule has 1 rings (SSSR count). The van der Waals surface area contributed by atoms with Crippen LogP contribution in [0.1, 0.15) is 31.7 Å². The van der Waals surface area contributed by atoms with Crippen LogP contribution in [-0.4, -0.2) is 30.3 Å². The molecule has 2 unspecified atom stereocenters. The zero-order valence-electron chi connectivity index (χ0n) is 11.6. The number of nitrogens with one attached hydrogen (secondary N) is 2. The molecular formula is C14H20F2N2O2. The lowest BCUT2D eigenvalue weighted by Gasteiger charge is -2.14. The van der Waals surface area contributed by atoms with Crippen LogP contribution in [-0.2, 0) is 0 Å². The molecular weight excluding hydrogens is 266 g/mol. The van der Waals surface area contributed by atoms with Gasteiger partial charge in [-0.15, -0.1) is 0 Å². The molecule has 0 saturated heterocycles. The van der Waals surface area contributed by atoms with E-state index in [-0.39, 0.29) is 18.5 Å².